The highest BCUT2D eigenvalue weighted by molar-refractivity contribution is 7.99. The Balaban J connectivity index is 2.02. The van der Waals surface area contributed by atoms with Gasteiger partial charge in [-0.25, -0.2) is 0 Å². The maximum absolute atomic E-state index is 12.7. The van der Waals surface area contributed by atoms with Gasteiger partial charge in [-0.2, -0.15) is 11.8 Å². The molecule has 0 aromatic heterocycles. The molecule has 25 heavy (non-hydrogen) atoms. The first-order chi connectivity index (χ1) is 12.0. The Morgan fingerprint density at radius 1 is 1.32 bits per heavy atom. The fourth-order valence-electron chi connectivity index (χ4n) is 2.59. The van der Waals surface area contributed by atoms with Crippen molar-refractivity contribution in [2.75, 3.05) is 18.6 Å². The van der Waals surface area contributed by atoms with E-state index in [4.69, 9.17) is 11.1 Å². The van der Waals surface area contributed by atoms with Crippen LogP contribution in [0.4, 0.5) is 0 Å². The Bertz CT molecular complexity index is 713. The fourth-order valence-corrected chi connectivity index (χ4v) is 3.49. The van der Waals surface area contributed by atoms with E-state index in [9.17, 15) is 9.59 Å². The summed E-state index contributed by atoms with van der Waals surface area (Å²) in [5.41, 5.74) is 6.76. The molecule has 1 atom stereocenters. The molecule has 6 heteroatoms. The van der Waals surface area contributed by atoms with Crippen LogP contribution in [0.3, 0.4) is 0 Å². The number of nitrogens with one attached hydrogen (secondary N) is 1. The van der Waals surface area contributed by atoms with Crippen LogP contribution in [0, 0.1) is 10.8 Å². The number of thioether (sulfide) groups is 1. The molecule has 0 heterocycles. The molecule has 5 nitrogen and oxygen atoms in total. The number of hydrogen-bond acceptors (Lipinski definition) is 5. The van der Waals surface area contributed by atoms with Gasteiger partial charge < -0.3 is 10.5 Å². The molecule has 0 fully saturated rings. The number of carbonyl (C=O) groups is 2. The predicted octanol–water partition coefficient (Wildman–Crippen LogP) is 2.82. The third kappa shape index (κ3) is 4.60. The number of methoxy groups -OCH3 is 1. The zero-order valence-corrected chi connectivity index (χ0v) is 15.0. The van der Waals surface area contributed by atoms with E-state index in [1.807, 2.05) is 42.5 Å². The smallest absolute Gasteiger partial charge is 0.306 e. The number of allylic oxidation sites excluding steroid dienone is 3. The first-order valence-corrected chi connectivity index (χ1v) is 9.12. The zero-order valence-electron chi connectivity index (χ0n) is 14.2. The monoisotopic (exact) mass is 358 g/mol. The van der Waals surface area contributed by atoms with E-state index in [1.54, 1.807) is 6.08 Å². The molecule has 1 aliphatic rings. The maximum Gasteiger partial charge on any atom is 0.306 e. The summed E-state index contributed by atoms with van der Waals surface area (Å²) in [6.45, 7) is 0. The normalized spacial score (nSPS) is 19.2. The van der Waals surface area contributed by atoms with Gasteiger partial charge in [0.05, 0.1) is 19.3 Å². The van der Waals surface area contributed by atoms with E-state index >= 15 is 0 Å². The molecule has 0 amide bonds. The van der Waals surface area contributed by atoms with Crippen LogP contribution < -0.4 is 5.73 Å². The van der Waals surface area contributed by atoms with E-state index in [0.29, 0.717) is 12.2 Å². The Kier molecular flexibility index (Phi) is 6.58. The van der Waals surface area contributed by atoms with Crippen LogP contribution in [0.1, 0.15) is 18.4 Å². The van der Waals surface area contributed by atoms with Crippen LogP contribution in [0.25, 0.3) is 5.57 Å². The second-order valence-electron chi connectivity index (χ2n) is 5.75. The largest absolute Gasteiger partial charge is 0.469 e. The van der Waals surface area contributed by atoms with E-state index in [0.717, 1.165) is 11.1 Å². The quantitative estimate of drug-likeness (QED) is 0.323. The third-order valence-corrected chi connectivity index (χ3v) is 5.15. The van der Waals surface area contributed by atoms with Gasteiger partial charge in [0, 0.05) is 5.75 Å². The Labute approximate surface area is 151 Å². The van der Waals surface area contributed by atoms with Crippen molar-refractivity contribution < 1.29 is 14.3 Å². The zero-order chi connectivity index (χ0) is 18.3. The van der Waals surface area contributed by atoms with Crippen molar-refractivity contribution >= 4 is 34.9 Å². The number of esters is 1. The summed E-state index contributed by atoms with van der Waals surface area (Å²) in [5, 5.41) is 7.91. The molecule has 0 saturated carbocycles. The minimum absolute atomic E-state index is 0.116. The van der Waals surface area contributed by atoms with Crippen LogP contribution in [-0.4, -0.2) is 36.2 Å². The van der Waals surface area contributed by atoms with Gasteiger partial charge in [-0.3, -0.25) is 15.0 Å². The number of ketones is 1. The SMILES string of the molecule is COC(=O)CCSCC(=O)C1(C(=N)N)C=CC(c2ccccc2)=CC1. The van der Waals surface area contributed by atoms with Crippen LogP contribution in [0.15, 0.2) is 48.6 Å². The molecule has 0 bridgehead atoms. The maximum atomic E-state index is 12.7. The summed E-state index contributed by atoms with van der Waals surface area (Å²) in [4.78, 5) is 23.8. The van der Waals surface area contributed by atoms with Crippen molar-refractivity contribution in [3.05, 3.63) is 54.1 Å². The Morgan fingerprint density at radius 2 is 2.04 bits per heavy atom. The number of hydrogen-bond donors (Lipinski definition) is 2. The van der Waals surface area contributed by atoms with Crippen molar-refractivity contribution in [2.45, 2.75) is 12.8 Å². The number of Topliss-reactive ketones (excluding diaryl/α,β-unsaturated/α-hetero) is 1. The van der Waals surface area contributed by atoms with Gasteiger partial charge >= 0.3 is 5.97 Å². The lowest BCUT2D eigenvalue weighted by atomic mass is 9.75. The topological polar surface area (TPSA) is 93.2 Å². The van der Waals surface area contributed by atoms with Gasteiger partial charge in [0.15, 0.2) is 5.78 Å². The molecule has 0 radical (unpaired) electrons. The Hall–Kier alpha value is -2.34. The van der Waals surface area contributed by atoms with Gasteiger partial charge in [0.2, 0.25) is 0 Å². The average Bonchev–Trinajstić information content (AvgIpc) is 2.65. The fraction of sp³-hybridized carbons (Fsp3) is 0.316. The van der Waals surface area contributed by atoms with Gasteiger partial charge in [-0.1, -0.05) is 48.6 Å². The van der Waals surface area contributed by atoms with Crippen molar-refractivity contribution in [1.82, 2.24) is 0 Å². The van der Waals surface area contributed by atoms with E-state index < -0.39 is 5.41 Å². The number of carbonyl (C=O) groups excluding carboxylic acids is 2. The predicted molar refractivity (Wildman–Crippen MR) is 101 cm³/mol. The molecule has 1 unspecified atom stereocenters. The summed E-state index contributed by atoms with van der Waals surface area (Å²) >= 11 is 1.35. The lowest BCUT2D eigenvalue weighted by Gasteiger charge is -2.29. The van der Waals surface area contributed by atoms with Crippen molar-refractivity contribution in [2.24, 2.45) is 11.1 Å². The molecule has 132 valence electrons. The van der Waals surface area contributed by atoms with Crippen molar-refractivity contribution in [3.8, 4) is 0 Å². The molecule has 0 spiro atoms. The van der Waals surface area contributed by atoms with Crippen LogP contribution in [0.5, 0.6) is 0 Å². The first kappa shape index (κ1) is 19.0. The van der Waals surface area contributed by atoms with Crippen LogP contribution >= 0.6 is 11.8 Å². The van der Waals surface area contributed by atoms with E-state index in [1.165, 1.54) is 18.9 Å². The molecular formula is C19H22N2O3S. The lowest BCUT2D eigenvalue weighted by Crippen LogP contribution is -2.43. The van der Waals surface area contributed by atoms with Gasteiger partial charge in [-0.05, 0) is 17.6 Å². The van der Waals surface area contributed by atoms with Gasteiger partial charge in [-0.15, -0.1) is 0 Å². The van der Waals surface area contributed by atoms with Crippen LogP contribution in [0.2, 0.25) is 0 Å². The molecule has 1 aliphatic carbocycles. The molecule has 3 N–H and O–H groups in total. The minimum atomic E-state index is -1.09. The van der Waals surface area contributed by atoms with Crippen LogP contribution in [-0.2, 0) is 14.3 Å². The molecule has 0 saturated heterocycles. The lowest BCUT2D eigenvalue weighted by molar-refractivity contribution is -0.140. The number of rotatable bonds is 8. The summed E-state index contributed by atoms with van der Waals surface area (Å²) in [6, 6.07) is 9.87. The molecule has 1 aromatic carbocycles. The number of benzene rings is 1. The van der Waals surface area contributed by atoms with E-state index in [2.05, 4.69) is 4.74 Å². The van der Waals surface area contributed by atoms with Crippen molar-refractivity contribution in [3.63, 3.8) is 0 Å². The van der Waals surface area contributed by atoms with Gasteiger partial charge in [0.25, 0.3) is 0 Å². The number of nitrogens with two attached hydrogens (primary N) is 1. The van der Waals surface area contributed by atoms with Crippen molar-refractivity contribution in [1.29, 1.82) is 5.41 Å². The second-order valence-corrected chi connectivity index (χ2v) is 6.86. The molecular weight excluding hydrogens is 336 g/mol. The highest BCUT2D eigenvalue weighted by Gasteiger charge is 2.39. The number of ether oxygens (including phenoxy) is 1. The standard InChI is InChI=1S/C19H22N2O3S/c1-24-17(23)9-12-25-13-16(22)19(18(20)21)10-7-15(8-11-19)14-5-3-2-4-6-14/h2-8,10H,9,11-13H2,1H3,(H3,20,21). The highest BCUT2D eigenvalue weighted by atomic mass is 32.2. The second kappa shape index (κ2) is 8.67. The minimum Gasteiger partial charge on any atom is -0.469 e. The number of amidine groups is 1. The summed E-state index contributed by atoms with van der Waals surface area (Å²) in [6.07, 6.45) is 6.18. The Morgan fingerprint density at radius 3 is 2.60 bits per heavy atom. The van der Waals surface area contributed by atoms with Gasteiger partial charge in [0.1, 0.15) is 11.3 Å². The molecule has 0 aliphatic heterocycles. The summed E-state index contributed by atoms with van der Waals surface area (Å²) < 4.78 is 4.58. The molecule has 1 aromatic rings. The third-order valence-electron chi connectivity index (χ3n) is 4.19. The summed E-state index contributed by atoms with van der Waals surface area (Å²) in [5.74, 6) is 0.144. The van der Waals surface area contributed by atoms with E-state index in [-0.39, 0.29) is 29.8 Å². The highest BCUT2D eigenvalue weighted by Crippen LogP contribution is 2.35. The average molecular weight is 358 g/mol. The molecule has 2 rings (SSSR count). The summed E-state index contributed by atoms with van der Waals surface area (Å²) in [7, 11) is 1.34. The first-order valence-electron chi connectivity index (χ1n) is 7.97.